The van der Waals surface area contributed by atoms with Crippen LogP contribution >= 0.6 is 0 Å². The van der Waals surface area contributed by atoms with Crippen molar-refractivity contribution in [3.63, 3.8) is 0 Å². The van der Waals surface area contributed by atoms with Gasteiger partial charge in [-0.15, -0.1) is 6.58 Å². The summed E-state index contributed by atoms with van der Waals surface area (Å²) in [5.74, 6) is 0.885. The van der Waals surface area contributed by atoms with Gasteiger partial charge in [-0.3, -0.25) is 0 Å². The van der Waals surface area contributed by atoms with Crippen LogP contribution in [0.5, 0.6) is 5.75 Å². The summed E-state index contributed by atoms with van der Waals surface area (Å²) in [6, 6.07) is 16.7. The first-order valence-corrected chi connectivity index (χ1v) is 6.87. The van der Waals surface area contributed by atoms with E-state index in [9.17, 15) is 0 Å². The summed E-state index contributed by atoms with van der Waals surface area (Å²) >= 11 is 0. The van der Waals surface area contributed by atoms with Gasteiger partial charge in [0.25, 0.3) is 0 Å². The summed E-state index contributed by atoms with van der Waals surface area (Å²) in [5.41, 5.74) is 3.69. The number of fused-ring (bicyclic) bond motifs is 1. The molecule has 102 valence electrons. The first kappa shape index (κ1) is 12.8. The maximum atomic E-state index is 5.29. The minimum Gasteiger partial charge on any atom is -0.497 e. The lowest BCUT2D eigenvalue weighted by Crippen LogP contribution is -2.36. The van der Waals surface area contributed by atoms with Gasteiger partial charge in [-0.05, 0) is 23.6 Å². The van der Waals surface area contributed by atoms with Crippen LogP contribution in [0.2, 0.25) is 0 Å². The Hall–Kier alpha value is -2.22. The summed E-state index contributed by atoms with van der Waals surface area (Å²) in [6.07, 6.45) is 3.94. The lowest BCUT2D eigenvalue weighted by atomic mass is 9.88. The molecular weight excluding hydrogens is 246 g/mol. The highest BCUT2D eigenvalue weighted by atomic mass is 16.5. The van der Waals surface area contributed by atoms with Crippen molar-refractivity contribution in [1.82, 2.24) is 0 Å². The average molecular weight is 265 g/mol. The van der Waals surface area contributed by atoms with Crippen molar-refractivity contribution in [2.24, 2.45) is 0 Å². The van der Waals surface area contributed by atoms with Crippen LogP contribution in [0.15, 0.2) is 61.2 Å². The molecule has 20 heavy (non-hydrogen) atoms. The maximum Gasteiger partial charge on any atom is 0.120 e. The van der Waals surface area contributed by atoms with Gasteiger partial charge in [-0.2, -0.15) is 0 Å². The minimum absolute atomic E-state index is 0.101. The van der Waals surface area contributed by atoms with E-state index in [-0.39, 0.29) is 5.54 Å². The number of ether oxygens (including phenoxy) is 1. The first-order valence-electron chi connectivity index (χ1n) is 6.87. The van der Waals surface area contributed by atoms with Crippen LogP contribution < -0.4 is 10.1 Å². The highest BCUT2D eigenvalue weighted by Crippen LogP contribution is 2.37. The Balaban J connectivity index is 1.88. The van der Waals surface area contributed by atoms with Crippen molar-refractivity contribution in [1.29, 1.82) is 0 Å². The van der Waals surface area contributed by atoms with Crippen molar-refractivity contribution in [2.45, 2.75) is 18.4 Å². The number of methoxy groups -OCH3 is 1. The van der Waals surface area contributed by atoms with Crippen LogP contribution in [0, 0.1) is 0 Å². The van der Waals surface area contributed by atoms with Gasteiger partial charge in [0.05, 0.1) is 12.6 Å². The molecule has 0 amide bonds. The van der Waals surface area contributed by atoms with Crippen LogP contribution in [0.25, 0.3) is 0 Å². The molecule has 1 atom stereocenters. The van der Waals surface area contributed by atoms with Gasteiger partial charge in [0, 0.05) is 18.2 Å². The lowest BCUT2D eigenvalue weighted by molar-refractivity contribution is 0.415. The Morgan fingerprint density at radius 2 is 2.05 bits per heavy atom. The molecule has 0 aliphatic carbocycles. The zero-order valence-corrected chi connectivity index (χ0v) is 11.7. The maximum absolute atomic E-state index is 5.29. The van der Waals surface area contributed by atoms with Crippen molar-refractivity contribution >= 4 is 5.69 Å². The molecule has 0 unspecified atom stereocenters. The third kappa shape index (κ3) is 2.29. The molecule has 2 heteroatoms. The van der Waals surface area contributed by atoms with Crippen molar-refractivity contribution in [3.8, 4) is 5.75 Å². The smallest absolute Gasteiger partial charge is 0.120 e. The fourth-order valence-corrected chi connectivity index (χ4v) is 2.87. The van der Waals surface area contributed by atoms with E-state index in [2.05, 4.69) is 48.3 Å². The molecule has 0 fully saturated rings. The van der Waals surface area contributed by atoms with Gasteiger partial charge in [0.2, 0.25) is 0 Å². The van der Waals surface area contributed by atoms with Gasteiger partial charge in [-0.1, -0.05) is 42.5 Å². The standard InChI is InChI=1S/C18H19NO/c1-3-18(12-14-7-5-4-6-8-14)13-15-9-10-16(20-2)11-17(15)19-18/h3-11,19H,1,12-13H2,2H3/t18-/m0/s1. The van der Waals surface area contributed by atoms with Crippen molar-refractivity contribution in [2.75, 3.05) is 12.4 Å². The zero-order valence-electron chi connectivity index (χ0n) is 11.7. The topological polar surface area (TPSA) is 21.3 Å². The molecule has 1 aliphatic heterocycles. The fourth-order valence-electron chi connectivity index (χ4n) is 2.87. The molecule has 0 spiro atoms. The van der Waals surface area contributed by atoms with Crippen molar-refractivity contribution in [3.05, 3.63) is 72.3 Å². The monoisotopic (exact) mass is 265 g/mol. The number of hydrogen-bond acceptors (Lipinski definition) is 2. The molecule has 2 aromatic carbocycles. The molecule has 3 rings (SSSR count). The Kier molecular flexibility index (Phi) is 3.23. The molecule has 0 saturated carbocycles. The van der Waals surface area contributed by atoms with Crippen LogP contribution in [-0.4, -0.2) is 12.6 Å². The van der Waals surface area contributed by atoms with E-state index in [0.29, 0.717) is 0 Å². The third-order valence-corrected chi connectivity index (χ3v) is 3.96. The number of rotatable bonds is 4. The lowest BCUT2D eigenvalue weighted by Gasteiger charge is -2.26. The van der Waals surface area contributed by atoms with E-state index in [1.807, 2.05) is 18.2 Å². The summed E-state index contributed by atoms with van der Waals surface area (Å²) in [7, 11) is 1.70. The molecule has 0 saturated heterocycles. The van der Waals surface area contributed by atoms with E-state index in [1.165, 1.54) is 11.1 Å². The second kappa shape index (κ2) is 5.04. The van der Waals surface area contributed by atoms with Gasteiger partial charge in [0.1, 0.15) is 5.75 Å². The highest BCUT2D eigenvalue weighted by molar-refractivity contribution is 5.63. The molecule has 1 heterocycles. The summed E-state index contributed by atoms with van der Waals surface area (Å²) in [4.78, 5) is 0. The van der Waals surface area contributed by atoms with Crippen LogP contribution in [0.4, 0.5) is 5.69 Å². The quantitative estimate of drug-likeness (QED) is 0.848. The van der Waals surface area contributed by atoms with Gasteiger partial charge in [-0.25, -0.2) is 0 Å². The van der Waals surface area contributed by atoms with E-state index in [4.69, 9.17) is 4.74 Å². The number of benzene rings is 2. The Morgan fingerprint density at radius 3 is 2.75 bits per heavy atom. The average Bonchev–Trinajstić information content (AvgIpc) is 2.85. The molecule has 2 nitrogen and oxygen atoms in total. The Bertz CT molecular complexity index is 621. The molecule has 1 N–H and O–H groups in total. The fraction of sp³-hybridized carbons (Fsp3) is 0.222. The van der Waals surface area contributed by atoms with Crippen LogP contribution in [0.1, 0.15) is 11.1 Å². The largest absolute Gasteiger partial charge is 0.497 e. The molecule has 1 aliphatic rings. The van der Waals surface area contributed by atoms with Crippen molar-refractivity contribution < 1.29 is 4.74 Å². The summed E-state index contributed by atoms with van der Waals surface area (Å²) in [6.45, 7) is 4.04. The number of nitrogens with one attached hydrogen (secondary N) is 1. The number of anilines is 1. The molecule has 0 aromatic heterocycles. The van der Waals surface area contributed by atoms with E-state index >= 15 is 0 Å². The zero-order chi connectivity index (χ0) is 14.0. The second-order valence-corrected chi connectivity index (χ2v) is 5.35. The van der Waals surface area contributed by atoms with E-state index in [1.54, 1.807) is 7.11 Å². The SMILES string of the molecule is C=C[C@]1(Cc2ccccc2)Cc2ccc(OC)cc2N1. The van der Waals surface area contributed by atoms with Gasteiger partial charge in [0.15, 0.2) is 0 Å². The molecule has 2 aromatic rings. The second-order valence-electron chi connectivity index (χ2n) is 5.35. The van der Waals surface area contributed by atoms with Gasteiger partial charge < -0.3 is 10.1 Å². The predicted molar refractivity (Wildman–Crippen MR) is 83.4 cm³/mol. The molecular formula is C18H19NO. The highest BCUT2D eigenvalue weighted by Gasteiger charge is 2.34. The first-order chi connectivity index (χ1) is 9.74. The molecule has 0 bridgehead atoms. The predicted octanol–water partition coefficient (Wildman–Crippen LogP) is 3.83. The van der Waals surface area contributed by atoms with Crippen LogP contribution in [-0.2, 0) is 12.8 Å². The Morgan fingerprint density at radius 1 is 1.25 bits per heavy atom. The minimum atomic E-state index is -0.101. The number of hydrogen-bond donors (Lipinski definition) is 1. The summed E-state index contributed by atoms with van der Waals surface area (Å²) < 4.78 is 5.29. The summed E-state index contributed by atoms with van der Waals surface area (Å²) in [5, 5.41) is 3.62. The van der Waals surface area contributed by atoms with Crippen LogP contribution in [0.3, 0.4) is 0 Å². The van der Waals surface area contributed by atoms with Gasteiger partial charge >= 0.3 is 0 Å². The normalized spacial score (nSPS) is 20.1. The third-order valence-electron chi connectivity index (χ3n) is 3.96. The Labute approximate surface area is 120 Å². The van der Waals surface area contributed by atoms with E-state index < -0.39 is 0 Å². The van der Waals surface area contributed by atoms with E-state index in [0.717, 1.165) is 24.3 Å². The molecule has 0 radical (unpaired) electrons.